The highest BCUT2D eigenvalue weighted by Gasteiger charge is 2.27. The molecule has 0 unspecified atom stereocenters. The molecule has 1 aromatic heterocycles. The Morgan fingerprint density at radius 3 is 2.24 bits per heavy atom. The van der Waals surface area contributed by atoms with Crippen LogP contribution in [0.2, 0.25) is 0 Å². The second-order valence-corrected chi connectivity index (χ2v) is 8.49. The van der Waals surface area contributed by atoms with Gasteiger partial charge in [0.2, 0.25) is 0 Å². The van der Waals surface area contributed by atoms with Crippen LogP contribution in [0.5, 0.6) is 5.75 Å². The molecule has 0 amide bonds. The van der Waals surface area contributed by atoms with Crippen molar-refractivity contribution in [3.8, 4) is 17.0 Å². The summed E-state index contributed by atoms with van der Waals surface area (Å²) in [5.41, 5.74) is 1.35. The number of hydrogen-bond donors (Lipinski definition) is 0. The summed E-state index contributed by atoms with van der Waals surface area (Å²) in [7, 11) is 1.49. The maximum Gasteiger partial charge on any atom is 0.419 e. The predicted octanol–water partition coefficient (Wildman–Crippen LogP) is 5.51. The molecule has 0 saturated heterocycles. The fourth-order valence-corrected chi connectivity index (χ4v) is 3.19. The van der Waals surface area contributed by atoms with Gasteiger partial charge >= 0.3 is 12.1 Å². The standard InChI is InChI=1S/C26H27NO6/c1-17(28)19-13-20(15-21(14-19)31-5)22-11-12-23(27(22)25(30)33-26(2,3)4)24(29)32-16-18-9-7-6-8-10-18/h6-15H,16H2,1-5H3. The molecule has 3 rings (SSSR count). The second kappa shape index (κ2) is 9.73. The molecule has 0 aliphatic heterocycles. The molecule has 0 spiro atoms. The molecule has 0 N–H and O–H groups in total. The maximum absolute atomic E-state index is 13.1. The molecule has 0 radical (unpaired) electrons. The molecule has 0 saturated carbocycles. The number of carbonyl (C=O) groups excluding carboxylic acids is 3. The lowest BCUT2D eigenvalue weighted by molar-refractivity contribution is 0.0416. The van der Waals surface area contributed by atoms with Crippen LogP contribution in [0.1, 0.15) is 54.1 Å². The number of aromatic nitrogens is 1. The lowest BCUT2D eigenvalue weighted by atomic mass is 10.0. The Kier molecular flexibility index (Phi) is 7.01. The van der Waals surface area contributed by atoms with Crippen LogP contribution in [0.3, 0.4) is 0 Å². The van der Waals surface area contributed by atoms with Gasteiger partial charge in [-0.3, -0.25) is 4.79 Å². The molecule has 0 atom stereocenters. The van der Waals surface area contributed by atoms with Crippen LogP contribution >= 0.6 is 0 Å². The van der Waals surface area contributed by atoms with Crippen LogP contribution in [0.4, 0.5) is 4.79 Å². The van der Waals surface area contributed by atoms with Gasteiger partial charge in [0.1, 0.15) is 23.7 Å². The Bertz CT molecular complexity index is 1170. The van der Waals surface area contributed by atoms with Crippen molar-refractivity contribution in [2.45, 2.75) is 39.9 Å². The van der Waals surface area contributed by atoms with Crippen LogP contribution in [0.25, 0.3) is 11.3 Å². The molecule has 3 aromatic rings. The zero-order valence-electron chi connectivity index (χ0n) is 19.4. The summed E-state index contributed by atoms with van der Waals surface area (Å²) in [6.45, 7) is 6.71. The number of ketones is 1. The zero-order valence-corrected chi connectivity index (χ0v) is 19.4. The van der Waals surface area contributed by atoms with Crippen LogP contribution in [-0.4, -0.2) is 35.1 Å². The highest BCUT2D eigenvalue weighted by Crippen LogP contribution is 2.29. The van der Waals surface area contributed by atoms with Gasteiger partial charge in [-0.05, 0) is 63.6 Å². The van der Waals surface area contributed by atoms with E-state index in [1.165, 1.54) is 20.1 Å². The lowest BCUT2D eigenvalue weighted by Crippen LogP contribution is -2.29. The molecule has 7 heteroatoms. The minimum atomic E-state index is -0.789. The van der Waals surface area contributed by atoms with E-state index < -0.39 is 17.7 Å². The number of Topliss-reactive ketones (excluding diaryl/α,β-unsaturated/α-hetero) is 1. The van der Waals surface area contributed by atoms with E-state index in [4.69, 9.17) is 14.2 Å². The smallest absolute Gasteiger partial charge is 0.419 e. The minimum Gasteiger partial charge on any atom is -0.497 e. The van der Waals surface area contributed by atoms with Gasteiger partial charge in [0.15, 0.2) is 5.78 Å². The van der Waals surface area contributed by atoms with Crippen LogP contribution in [-0.2, 0) is 16.1 Å². The third-order valence-electron chi connectivity index (χ3n) is 4.72. The first-order valence-corrected chi connectivity index (χ1v) is 10.5. The average Bonchev–Trinajstić information content (AvgIpc) is 3.22. The van der Waals surface area contributed by atoms with Crippen molar-refractivity contribution in [1.29, 1.82) is 0 Å². The molecule has 2 aromatic carbocycles. The SMILES string of the molecule is COc1cc(C(C)=O)cc(-c2ccc(C(=O)OCc3ccccc3)n2C(=O)OC(C)(C)C)c1. The van der Waals surface area contributed by atoms with Gasteiger partial charge in [0.25, 0.3) is 0 Å². The summed E-state index contributed by atoms with van der Waals surface area (Å²) >= 11 is 0. The molecule has 33 heavy (non-hydrogen) atoms. The minimum absolute atomic E-state index is 0.0161. The summed E-state index contributed by atoms with van der Waals surface area (Å²) in [5, 5.41) is 0. The summed E-state index contributed by atoms with van der Waals surface area (Å²) < 4.78 is 17.5. The number of methoxy groups -OCH3 is 1. The number of carbonyl (C=O) groups is 3. The van der Waals surface area contributed by atoms with Crippen molar-refractivity contribution in [1.82, 2.24) is 4.57 Å². The normalized spacial score (nSPS) is 11.1. The highest BCUT2D eigenvalue weighted by molar-refractivity contribution is 5.98. The molecule has 7 nitrogen and oxygen atoms in total. The molecular weight excluding hydrogens is 422 g/mol. The summed E-state index contributed by atoms with van der Waals surface area (Å²) in [6, 6.07) is 17.3. The van der Waals surface area contributed by atoms with Gasteiger partial charge in [0.05, 0.1) is 12.8 Å². The number of esters is 1. The molecular formula is C26H27NO6. The van der Waals surface area contributed by atoms with Crippen molar-refractivity contribution >= 4 is 17.8 Å². The average molecular weight is 450 g/mol. The van der Waals surface area contributed by atoms with E-state index in [1.54, 1.807) is 45.0 Å². The van der Waals surface area contributed by atoms with Gasteiger partial charge in [-0.25, -0.2) is 14.2 Å². The summed E-state index contributed by atoms with van der Waals surface area (Å²) in [6.07, 6.45) is -0.735. The van der Waals surface area contributed by atoms with Crippen LogP contribution in [0.15, 0.2) is 60.7 Å². The number of benzene rings is 2. The zero-order chi connectivity index (χ0) is 24.2. The van der Waals surface area contributed by atoms with E-state index in [1.807, 2.05) is 30.3 Å². The quantitative estimate of drug-likeness (QED) is 0.365. The van der Waals surface area contributed by atoms with Crippen LogP contribution in [0, 0.1) is 0 Å². The maximum atomic E-state index is 13.1. The van der Waals surface area contributed by atoms with Crippen molar-refractivity contribution in [3.05, 3.63) is 77.5 Å². The van der Waals surface area contributed by atoms with Gasteiger partial charge in [-0.2, -0.15) is 0 Å². The fraction of sp³-hybridized carbons (Fsp3) is 0.269. The Hall–Kier alpha value is -3.87. The van der Waals surface area contributed by atoms with Crippen molar-refractivity contribution in [2.75, 3.05) is 7.11 Å². The van der Waals surface area contributed by atoms with Gasteiger partial charge in [-0.1, -0.05) is 30.3 Å². The van der Waals surface area contributed by atoms with E-state index >= 15 is 0 Å². The van der Waals surface area contributed by atoms with E-state index in [-0.39, 0.29) is 18.1 Å². The highest BCUT2D eigenvalue weighted by atomic mass is 16.6. The fourth-order valence-electron chi connectivity index (χ4n) is 3.19. The van der Waals surface area contributed by atoms with E-state index in [0.717, 1.165) is 10.1 Å². The lowest BCUT2D eigenvalue weighted by Gasteiger charge is -2.21. The van der Waals surface area contributed by atoms with Gasteiger partial charge in [0, 0.05) is 11.1 Å². The first-order valence-electron chi connectivity index (χ1n) is 10.5. The number of hydrogen-bond acceptors (Lipinski definition) is 6. The van der Waals surface area contributed by atoms with E-state index in [0.29, 0.717) is 22.6 Å². The number of ether oxygens (including phenoxy) is 3. The molecule has 0 aliphatic rings. The Morgan fingerprint density at radius 2 is 1.64 bits per heavy atom. The number of rotatable bonds is 6. The molecule has 172 valence electrons. The molecule has 0 fully saturated rings. The van der Waals surface area contributed by atoms with E-state index in [2.05, 4.69) is 0 Å². The monoisotopic (exact) mass is 449 g/mol. The molecule has 0 bridgehead atoms. The van der Waals surface area contributed by atoms with Crippen molar-refractivity contribution in [3.63, 3.8) is 0 Å². The Labute approximate surface area is 192 Å². The Balaban J connectivity index is 2.05. The van der Waals surface area contributed by atoms with Gasteiger partial charge in [-0.15, -0.1) is 0 Å². The van der Waals surface area contributed by atoms with Crippen molar-refractivity contribution in [2.24, 2.45) is 0 Å². The van der Waals surface area contributed by atoms with Crippen LogP contribution < -0.4 is 4.74 Å². The molecule has 1 heterocycles. The Morgan fingerprint density at radius 1 is 0.939 bits per heavy atom. The van der Waals surface area contributed by atoms with Gasteiger partial charge < -0.3 is 14.2 Å². The third-order valence-corrected chi connectivity index (χ3v) is 4.72. The summed E-state index contributed by atoms with van der Waals surface area (Å²) in [4.78, 5) is 38.1. The van der Waals surface area contributed by atoms with Crippen molar-refractivity contribution < 1.29 is 28.6 Å². The number of nitrogens with zero attached hydrogens (tertiary/aromatic N) is 1. The first kappa shape index (κ1) is 23.8. The van der Waals surface area contributed by atoms with E-state index in [9.17, 15) is 14.4 Å². The largest absolute Gasteiger partial charge is 0.497 e. The first-order chi connectivity index (χ1) is 15.6. The second-order valence-electron chi connectivity index (χ2n) is 8.49. The molecule has 0 aliphatic carbocycles. The summed E-state index contributed by atoms with van der Waals surface area (Å²) in [5.74, 6) is -0.387. The third kappa shape index (κ3) is 5.88. The predicted molar refractivity (Wildman–Crippen MR) is 124 cm³/mol. The topological polar surface area (TPSA) is 83.8 Å².